The highest BCUT2D eigenvalue weighted by Crippen LogP contribution is 2.46. The van der Waals surface area contributed by atoms with Crippen molar-refractivity contribution in [3.63, 3.8) is 0 Å². The number of halogens is 2. The van der Waals surface area contributed by atoms with Gasteiger partial charge in [0.05, 0.1) is 27.6 Å². The molecule has 0 saturated carbocycles. The van der Waals surface area contributed by atoms with Crippen molar-refractivity contribution in [2.75, 3.05) is 4.90 Å². The van der Waals surface area contributed by atoms with Gasteiger partial charge in [0, 0.05) is 27.7 Å². The summed E-state index contributed by atoms with van der Waals surface area (Å²) in [5, 5.41) is 22.5. The summed E-state index contributed by atoms with van der Waals surface area (Å²) in [4.78, 5) is 41.8. The summed E-state index contributed by atoms with van der Waals surface area (Å²) < 4.78 is 26.2. The number of aromatic nitrogens is 1. The third kappa shape index (κ3) is 4.75. The molecular formula is C26H15Cl2N3O7S2. The van der Waals surface area contributed by atoms with Crippen LogP contribution in [-0.4, -0.2) is 35.1 Å². The molecule has 0 radical (unpaired) electrons. The number of hydrogen-bond donors (Lipinski definition) is 1. The number of benzene rings is 3. The first-order valence-electron chi connectivity index (χ1n) is 11.3. The minimum Gasteiger partial charge on any atom is -0.507 e. The Hall–Kier alpha value is -4.10. The lowest BCUT2D eigenvalue weighted by Gasteiger charge is -2.23. The van der Waals surface area contributed by atoms with Crippen LogP contribution in [0.2, 0.25) is 10.0 Å². The quantitative estimate of drug-likeness (QED) is 0.0938. The molecule has 1 N–H and O–H groups in total. The number of Topliss-reactive ketones (excluding diaryl/α,β-unsaturated/α-hetero) is 1. The molecule has 1 aliphatic rings. The highest BCUT2D eigenvalue weighted by molar-refractivity contribution is 7.93. The van der Waals surface area contributed by atoms with E-state index in [1.54, 1.807) is 24.3 Å². The lowest BCUT2D eigenvalue weighted by atomic mass is 9.95. The van der Waals surface area contributed by atoms with Crippen LogP contribution >= 0.6 is 34.5 Å². The van der Waals surface area contributed by atoms with Gasteiger partial charge in [0.1, 0.15) is 9.97 Å². The molecule has 5 rings (SSSR count). The number of anilines is 1. The number of thiazole rings is 1. The van der Waals surface area contributed by atoms with Gasteiger partial charge >= 0.3 is 5.91 Å². The predicted molar refractivity (Wildman–Crippen MR) is 148 cm³/mol. The molecule has 14 heteroatoms. The Balaban J connectivity index is 1.63. The third-order valence-electron chi connectivity index (χ3n) is 6.06. The van der Waals surface area contributed by atoms with Crippen molar-refractivity contribution in [1.82, 2.24) is 4.98 Å². The minimum atomic E-state index is -4.18. The fourth-order valence-electron chi connectivity index (χ4n) is 4.13. The number of sulfone groups is 1. The van der Waals surface area contributed by atoms with E-state index in [0.29, 0.717) is 21.9 Å². The monoisotopic (exact) mass is 615 g/mol. The van der Waals surface area contributed by atoms with Gasteiger partial charge in [-0.25, -0.2) is 13.4 Å². The van der Waals surface area contributed by atoms with Crippen LogP contribution in [0.5, 0.6) is 0 Å². The van der Waals surface area contributed by atoms with Crippen LogP contribution in [0.3, 0.4) is 0 Å². The van der Waals surface area contributed by atoms with Crippen molar-refractivity contribution in [2.45, 2.75) is 15.1 Å². The second-order valence-corrected chi connectivity index (χ2v) is 12.4. The Morgan fingerprint density at radius 3 is 2.27 bits per heavy atom. The standard InChI is InChI=1S/C26H15Cl2N3O7S2/c27-15-7-5-14(6-8-15)23(32)21-22(18-3-1-2-4-19(18)28)30(25(34)24(21)33)26-29-13-20(39-26)40(37,38)17-11-9-16(10-12-17)31(35)36/h1-13,22,32H/t22-/m1/s1. The molecule has 1 aromatic heterocycles. The lowest BCUT2D eigenvalue weighted by Crippen LogP contribution is -2.29. The Bertz CT molecular complexity index is 1820. The summed E-state index contributed by atoms with van der Waals surface area (Å²) in [6.45, 7) is 0. The Labute approximate surface area is 240 Å². The van der Waals surface area contributed by atoms with Gasteiger partial charge in [-0.2, -0.15) is 0 Å². The maximum Gasteiger partial charge on any atom is 0.301 e. The second kappa shape index (κ2) is 10.5. The predicted octanol–water partition coefficient (Wildman–Crippen LogP) is 5.82. The molecule has 10 nitrogen and oxygen atoms in total. The molecule has 40 heavy (non-hydrogen) atoms. The van der Waals surface area contributed by atoms with E-state index in [4.69, 9.17) is 23.2 Å². The van der Waals surface area contributed by atoms with Gasteiger partial charge in [0.25, 0.3) is 11.5 Å². The molecule has 1 amide bonds. The lowest BCUT2D eigenvalue weighted by molar-refractivity contribution is -0.384. The average Bonchev–Trinajstić information content (AvgIpc) is 3.52. The number of non-ortho nitro benzene ring substituents is 1. The first-order chi connectivity index (χ1) is 19.0. The van der Waals surface area contributed by atoms with Crippen molar-refractivity contribution in [3.05, 3.63) is 116 Å². The number of rotatable bonds is 6. The number of aliphatic hydroxyl groups is 1. The zero-order valence-corrected chi connectivity index (χ0v) is 23.0. The Morgan fingerprint density at radius 2 is 1.65 bits per heavy atom. The van der Waals surface area contributed by atoms with Gasteiger partial charge in [-0.05, 0) is 48.0 Å². The molecule has 1 fully saturated rings. The molecule has 1 saturated heterocycles. The largest absolute Gasteiger partial charge is 0.507 e. The normalized spacial score (nSPS) is 16.9. The summed E-state index contributed by atoms with van der Waals surface area (Å²) in [5.41, 5.74) is -0.0307. The van der Waals surface area contributed by atoms with E-state index in [0.717, 1.165) is 35.4 Å². The molecule has 4 aromatic rings. The summed E-state index contributed by atoms with van der Waals surface area (Å²) in [5.74, 6) is -2.54. The van der Waals surface area contributed by atoms with E-state index < -0.39 is 38.3 Å². The van der Waals surface area contributed by atoms with Crippen LogP contribution in [0.1, 0.15) is 17.2 Å². The maximum atomic E-state index is 13.4. The number of nitro groups is 1. The molecule has 1 aliphatic heterocycles. The van der Waals surface area contributed by atoms with E-state index in [9.17, 15) is 33.2 Å². The Kier molecular flexibility index (Phi) is 7.19. The van der Waals surface area contributed by atoms with E-state index in [1.807, 2.05) is 0 Å². The van der Waals surface area contributed by atoms with Gasteiger partial charge in [-0.3, -0.25) is 24.6 Å². The van der Waals surface area contributed by atoms with Gasteiger partial charge in [-0.15, -0.1) is 0 Å². The van der Waals surface area contributed by atoms with E-state index in [-0.39, 0.29) is 36.1 Å². The van der Waals surface area contributed by atoms with Crippen LogP contribution in [0, 0.1) is 10.1 Å². The van der Waals surface area contributed by atoms with Crippen molar-refractivity contribution in [1.29, 1.82) is 0 Å². The summed E-state index contributed by atoms with van der Waals surface area (Å²) >= 11 is 13.0. The maximum absolute atomic E-state index is 13.4. The molecule has 202 valence electrons. The smallest absolute Gasteiger partial charge is 0.301 e. The van der Waals surface area contributed by atoms with Gasteiger partial charge in [-0.1, -0.05) is 52.7 Å². The summed E-state index contributed by atoms with van der Waals surface area (Å²) in [6, 6.07) is 15.4. The number of carbonyl (C=O) groups is 2. The zero-order valence-electron chi connectivity index (χ0n) is 19.9. The number of aliphatic hydroxyl groups excluding tert-OH is 1. The van der Waals surface area contributed by atoms with Crippen molar-refractivity contribution in [2.24, 2.45) is 0 Å². The third-order valence-corrected chi connectivity index (χ3v) is 9.89. The number of hydrogen-bond acceptors (Lipinski definition) is 9. The fourth-order valence-corrected chi connectivity index (χ4v) is 7.05. The van der Waals surface area contributed by atoms with Crippen LogP contribution in [0.25, 0.3) is 5.76 Å². The average molecular weight is 616 g/mol. The van der Waals surface area contributed by atoms with Crippen molar-refractivity contribution in [3.8, 4) is 0 Å². The molecule has 0 bridgehead atoms. The van der Waals surface area contributed by atoms with Crippen LogP contribution in [0.15, 0.2) is 93.7 Å². The fraction of sp³-hybridized carbons (Fsp3) is 0.0385. The van der Waals surface area contributed by atoms with E-state index >= 15 is 0 Å². The van der Waals surface area contributed by atoms with Crippen LogP contribution < -0.4 is 4.90 Å². The number of carbonyl (C=O) groups excluding carboxylic acids is 2. The molecule has 0 unspecified atom stereocenters. The topological polar surface area (TPSA) is 148 Å². The van der Waals surface area contributed by atoms with Gasteiger partial charge in [0.15, 0.2) is 5.13 Å². The SMILES string of the molecule is O=C1C(=O)N(c2ncc(S(=O)(=O)c3ccc([N+](=O)[O-])cc3)s2)[C@H](c2ccccc2Cl)C1=C(O)c1ccc(Cl)cc1. The Morgan fingerprint density at radius 1 is 1.00 bits per heavy atom. The van der Waals surface area contributed by atoms with Gasteiger partial charge in [0.2, 0.25) is 9.84 Å². The molecule has 3 aromatic carbocycles. The van der Waals surface area contributed by atoms with Crippen LogP contribution in [0.4, 0.5) is 10.8 Å². The van der Waals surface area contributed by atoms with E-state index in [2.05, 4.69) is 4.98 Å². The highest BCUT2D eigenvalue weighted by Gasteiger charge is 2.49. The number of nitrogens with zero attached hydrogens (tertiary/aromatic N) is 3. The minimum absolute atomic E-state index is 0.136. The molecule has 0 aliphatic carbocycles. The molecule has 2 heterocycles. The second-order valence-electron chi connectivity index (χ2n) is 8.41. The van der Waals surface area contributed by atoms with E-state index in [1.165, 1.54) is 24.3 Å². The van der Waals surface area contributed by atoms with Crippen molar-refractivity contribution >= 4 is 72.6 Å². The molecule has 1 atom stereocenters. The number of ketones is 1. The number of amides is 1. The van der Waals surface area contributed by atoms with Gasteiger partial charge < -0.3 is 5.11 Å². The van der Waals surface area contributed by atoms with Crippen molar-refractivity contribution < 1.29 is 28.0 Å². The highest BCUT2D eigenvalue weighted by atomic mass is 35.5. The first kappa shape index (κ1) is 27.5. The number of nitro benzene ring substituents is 1. The molecular weight excluding hydrogens is 601 g/mol. The first-order valence-corrected chi connectivity index (χ1v) is 14.3. The van der Waals surface area contributed by atoms with Crippen LogP contribution in [-0.2, 0) is 19.4 Å². The molecule has 0 spiro atoms. The zero-order chi connectivity index (χ0) is 28.8. The summed E-state index contributed by atoms with van der Waals surface area (Å²) in [7, 11) is -4.18. The summed E-state index contributed by atoms with van der Waals surface area (Å²) in [6.07, 6.45) is 1.03.